The number of aryl methyl sites for hydroxylation is 2. The number of para-hydroxylation sites is 1. The number of aromatic nitrogens is 2. The largest absolute Gasteiger partial charge is 0.385 e. The van der Waals surface area contributed by atoms with Gasteiger partial charge in [0.1, 0.15) is 5.82 Å². The van der Waals surface area contributed by atoms with E-state index in [-0.39, 0.29) is 5.91 Å². The van der Waals surface area contributed by atoms with Crippen LogP contribution in [0.4, 0.5) is 5.69 Å². The van der Waals surface area contributed by atoms with Crippen molar-refractivity contribution in [3.05, 3.63) is 48.0 Å². The molecule has 1 heterocycles. The molecule has 1 aromatic heterocycles. The molecule has 4 heteroatoms. The standard InChI is InChI=1S/C17H23N3O/c1-3-8-16-19-14(4-2)13-20(16)17(21)11-12-18-15-9-6-5-7-10-15/h5-7,9-10,13,18H,3-4,8,11-12H2,1-2H3. The average Bonchev–Trinajstić information content (AvgIpc) is 2.92. The molecule has 0 atom stereocenters. The Morgan fingerprint density at radius 1 is 1.24 bits per heavy atom. The molecule has 0 aliphatic rings. The van der Waals surface area contributed by atoms with Crippen molar-refractivity contribution in [2.45, 2.75) is 39.5 Å². The molecule has 1 aromatic carbocycles. The van der Waals surface area contributed by atoms with Crippen LogP contribution in [0.3, 0.4) is 0 Å². The number of hydrogen-bond acceptors (Lipinski definition) is 3. The van der Waals surface area contributed by atoms with Gasteiger partial charge in [-0.3, -0.25) is 9.36 Å². The molecule has 2 rings (SSSR count). The Bertz CT molecular complexity index is 575. The molecule has 1 N–H and O–H groups in total. The molecule has 0 fully saturated rings. The van der Waals surface area contributed by atoms with Crippen LogP contribution in [0.25, 0.3) is 0 Å². The van der Waals surface area contributed by atoms with Crippen LogP contribution >= 0.6 is 0 Å². The maximum Gasteiger partial charge on any atom is 0.233 e. The Kier molecular flexibility index (Phi) is 5.55. The fourth-order valence-electron chi connectivity index (χ4n) is 2.25. The van der Waals surface area contributed by atoms with Crippen molar-refractivity contribution in [1.82, 2.24) is 9.55 Å². The molecule has 4 nitrogen and oxygen atoms in total. The van der Waals surface area contributed by atoms with Gasteiger partial charge in [-0.15, -0.1) is 0 Å². The van der Waals surface area contributed by atoms with Gasteiger partial charge in [-0.2, -0.15) is 0 Å². The van der Waals surface area contributed by atoms with Gasteiger partial charge in [0.05, 0.1) is 5.69 Å². The number of hydrogen-bond donors (Lipinski definition) is 1. The van der Waals surface area contributed by atoms with Crippen LogP contribution < -0.4 is 5.32 Å². The Hall–Kier alpha value is -2.10. The van der Waals surface area contributed by atoms with Gasteiger partial charge in [0.15, 0.2) is 0 Å². The van der Waals surface area contributed by atoms with Crippen LogP contribution in [0, 0.1) is 0 Å². The molecular weight excluding hydrogens is 262 g/mol. The fourth-order valence-corrected chi connectivity index (χ4v) is 2.25. The lowest BCUT2D eigenvalue weighted by atomic mass is 10.3. The van der Waals surface area contributed by atoms with Crippen LogP contribution in [0.15, 0.2) is 36.5 Å². The molecule has 0 saturated carbocycles. The fraction of sp³-hybridized carbons (Fsp3) is 0.412. The third kappa shape index (κ3) is 4.18. The van der Waals surface area contributed by atoms with Crippen molar-refractivity contribution in [1.29, 1.82) is 0 Å². The minimum atomic E-state index is 0.106. The van der Waals surface area contributed by atoms with E-state index in [1.54, 1.807) is 4.57 Å². The lowest BCUT2D eigenvalue weighted by Crippen LogP contribution is -2.17. The van der Waals surface area contributed by atoms with Crippen molar-refractivity contribution < 1.29 is 4.79 Å². The van der Waals surface area contributed by atoms with Crippen LogP contribution in [-0.2, 0) is 12.8 Å². The first-order chi connectivity index (χ1) is 10.2. The second-order valence-electron chi connectivity index (χ2n) is 5.06. The number of nitrogens with one attached hydrogen (secondary N) is 1. The van der Waals surface area contributed by atoms with E-state index in [4.69, 9.17) is 0 Å². The molecule has 0 aliphatic heterocycles. The summed E-state index contributed by atoms with van der Waals surface area (Å²) < 4.78 is 1.73. The molecule has 0 amide bonds. The predicted octanol–water partition coefficient (Wildman–Crippen LogP) is 3.54. The first-order valence-corrected chi connectivity index (χ1v) is 7.63. The summed E-state index contributed by atoms with van der Waals surface area (Å²) in [5.74, 6) is 0.994. The summed E-state index contributed by atoms with van der Waals surface area (Å²) >= 11 is 0. The second kappa shape index (κ2) is 7.62. The van der Waals surface area contributed by atoms with E-state index < -0.39 is 0 Å². The van der Waals surface area contributed by atoms with Gasteiger partial charge in [0, 0.05) is 31.3 Å². The van der Waals surface area contributed by atoms with E-state index >= 15 is 0 Å². The molecule has 0 spiro atoms. The molecule has 0 bridgehead atoms. The van der Waals surface area contributed by atoms with Crippen molar-refractivity contribution in [2.24, 2.45) is 0 Å². The first-order valence-electron chi connectivity index (χ1n) is 7.63. The third-order valence-corrected chi connectivity index (χ3v) is 3.38. The minimum absolute atomic E-state index is 0.106. The summed E-state index contributed by atoms with van der Waals surface area (Å²) in [7, 11) is 0. The van der Waals surface area contributed by atoms with Crippen LogP contribution in [0.5, 0.6) is 0 Å². The maximum atomic E-state index is 12.3. The Morgan fingerprint density at radius 3 is 2.67 bits per heavy atom. The van der Waals surface area contributed by atoms with Gasteiger partial charge in [-0.05, 0) is 25.0 Å². The second-order valence-corrected chi connectivity index (χ2v) is 5.06. The number of anilines is 1. The summed E-state index contributed by atoms with van der Waals surface area (Å²) in [6.45, 7) is 4.80. The first kappa shape index (κ1) is 15.3. The molecule has 0 saturated heterocycles. The summed E-state index contributed by atoms with van der Waals surface area (Å²) in [5, 5.41) is 3.26. The molecule has 0 aliphatic carbocycles. The lowest BCUT2D eigenvalue weighted by Gasteiger charge is -2.08. The topological polar surface area (TPSA) is 46.9 Å². The summed E-state index contributed by atoms with van der Waals surface area (Å²) in [6, 6.07) is 9.93. The van der Waals surface area contributed by atoms with Crippen LogP contribution in [0.2, 0.25) is 0 Å². The highest BCUT2D eigenvalue weighted by molar-refractivity contribution is 5.80. The third-order valence-electron chi connectivity index (χ3n) is 3.38. The Labute approximate surface area is 126 Å². The Balaban J connectivity index is 1.95. The number of benzene rings is 1. The van der Waals surface area contributed by atoms with E-state index in [0.29, 0.717) is 13.0 Å². The minimum Gasteiger partial charge on any atom is -0.385 e. The molecule has 112 valence electrons. The van der Waals surface area contributed by atoms with Crippen molar-refractivity contribution in [3.63, 3.8) is 0 Å². The van der Waals surface area contributed by atoms with Crippen molar-refractivity contribution in [2.75, 3.05) is 11.9 Å². The quantitative estimate of drug-likeness (QED) is 0.846. The van der Waals surface area contributed by atoms with Gasteiger partial charge in [-0.25, -0.2) is 4.98 Å². The SMILES string of the molecule is CCCc1nc(CC)cn1C(=O)CCNc1ccccc1. The van der Waals surface area contributed by atoms with E-state index in [0.717, 1.165) is 36.5 Å². The molecule has 0 unspecified atom stereocenters. The van der Waals surface area contributed by atoms with Crippen LogP contribution in [0.1, 0.15) is 43.0 Å². The molecule has 2 aromatic rings. The van der Waals surface area contributed by atoms with Crippen molar-refractivity contribution >= 4 is 11.6 Å². The van der Waals surface area contributed by atoms with Crippen molar-refractivity contribution in [3.8, 4) is 0 Å². The zero-order valence-electron chi connectivity index (χ0n) is 12.8. The predicted molar refractivity (Wildman–Crippen MR) is 85.8 cm³/mol. The molecule has 21 heavy (non-hydrogen) atoms. The van der Waals surface area contributed by atoms with E-state index in [9.17, 15) is 4.79 Å². The number of rotatable bonds is 7. The van der Waals surface area contributed by atoms with E-state index in [1.165, 1.54) is 0 Å². The molecular formula is C17H23N3O. The van der Waals surface area contributed by atoms with Gasteiger partial charge < -0.3 is 5.32 Å². The van der Waals surface area contributed by atoms with Gasteiger partial charge in [0.25, 0.3) is 0 Å². The summed E-state index contributed by atoms with van der Waals surface area (Å²) in [4.78, 5) is 16.9. The highest BCUT2D eigenvalue weighted by Crippen LogP contribution is 2.09. The van der Waals surface area contributed by atoms with Gasteiger partial charge >= 0.3 is 0 Å². The molecule has 0 radical (unpaired) electrons. The summed E-state index contributed by atoms with van der Waals surface area (Å²) in [5.41, 5.74) is 2.03. The zero-order chi connectivity index (χ0) is 15.1. The highest BCUT2D eigenvalue weighted by Gasteiger charge is 2.12. The van der Waals surface area contributed by atoms with E-state index in [2.05, 4.69) is 24.1 Å². The zero-order valence-corrected chi connectivity index (χ0v) is 12.8. The average molecular weight is 285 g/mol. The Morgan fingerprint density at radius 2 is 2.00 bits per heavy atom. The monoisotopic (exact) mass is 285 g/mol. The maximum absolute atomic E-state index is 12.3. The van der Waals surface area contributed by atoms with Gasteiger partial charge in [-0.1, -0.05) is 32.0 Å². The van der Waals surface area contributed by atoms with Crippen LogP contribution in [-0.4, -0.2) is 22.0 Å². The number of imidazole rings is 1. The lowest BCUT2D eigenvalue weighted by molar-refractivity contribution is 0.0903. The van der Waals surface area contributed by atoms with E-state index in [1.807, 2.05) is 36.5 Å². The summed E-state index contributed by atoms with van der Waals surface area (Å²) in [6.07, 6.45) is 5.05. The number of nitrogens with zero attached hydrogens (tertiary/aromatic N) is 2. The smallest absolute Gasteiger partial charge is 0.233 e. The number of carbonyl (C=O) groups excluding carboxylic acids is 1. The highest BCUT2D eigenvalue weighted by atomic mass is 16.2. The number of carbonyl (C=O) groups is 1. The normalized spacial score (nSPS) is 10.6. The van der Waals surface area contributed by atoms with Gasteiger partial charge in [0.2, 0.25) is 5.91 Å².